The molecule has 4 heteroatoms. The first-order valence-corrected chi connectivity index (χ1v) is 7.04. The Morgan fingerprint density at radius 3 is 2.26 bits per heavy atom. The van der Waals surface area contributed by atoms with Crippen molar-refractivity contribution in [3.05, 3.63) is 24.3 Å². The first-order valence-electron chi connectivity index (χ1n) is 7.04. The average molecular weight is 265 g/mol. The number of aliphatic hydroxyl groups excluding tert-OH is 1. The fourth-order valence-corrected chi connectivity index (χ4v) is 2.31. The van der Waals surface area contributed by atoms with Gasteiger partial charge in [0.1, 0.15) is 24.2 Å². The van der Waals surface area contributed by atoms with E-state index in [4.69, 9.17) is 9.47 Å². The van der Waals surface area contributed by atoms with Gasteiger partial charge < -0.3 is 19.5 Å². The van der Waals surface area contributed by atoms with Crippen LogP contribution in [0.3, 0.4) is 0 Å². The Kier molecular flexibility index (Phi) is 5.48. The number of β-amino-alcohol motifs (C(OH)–C–C–N with tert-alkyl or cyclic N) is 1. The summed E-state index contributed by atoms with van der Waals surface area (Å²) < 4.78 is 10.9. The molecule has 19 heavy (non-hydrogen) atoms. The molecule has 0 amide bonds. The summed E-state index contributed by atoms with van der Waals surface area (Å²) in [5.74, 6) is 1.61. The Hall–Kier alpha value is -1.26. The van der Waals surface area contributed by atoms with Crippen molar-refractivity contribution in [2.45, 2.75) is 25.9 Å². The van der Waals surface area contributed by atoms with Crippen molar-refractivity contribution in [3.63, 3.8) is 0 Å². The lowest BCUT2D eigenvalue weighted by Crippen LogP contribution is -2.33. The highest BCUT2D eigenvalue weighted by atomic mass is 16.5. The van der Waals surface area contributed by atoms with Crippen LogP contribution in [0.4, 0.5) is 0 Å². The molecule has 0 aromatic heterocycles. The fourth-order valence-electron chi connectivity index (χ4n) is 2.31. The summed E-state index contributed by atoms with van der Waals surface area (Å²) in [7, 11) is 0. The molecular formula is C15H23NO3. The molecule has 1 unspecified atom stereocenters. The lowest BCUT2D eigenvalue weighted by Gasteiger charge is -2.19. The Morgan fingerprint density at radius 1 is 1.11 bits per heavy atom. The lowest BCUT2D eigenvalue weighted by atomic mass is 10.3. The van der Waals surface area contributed by atoms with Gasteiger partial charge in [0.15, 0.2) is 0 Å². The molecule has 1 saturated heterocycles. The minimum absolute atomic E-state index is 0.338. The molecule has 0 saturated carbocycles. The van der Waals surface area contributed by atoms with Gasteiger partial charge in [-0.1, -0.05) is 0 Å². The highest BCUT2D eigenvalue weighted by molar-refractivity contribution is 5.31. The number of nitrogens with zero attached hydrogens (tertiary/aromatic N) is 1. The Labute approximate surface area is 114 Å². The van der Waals surface area contributed by atoms with E-state index in [1.54, 1.807) is 0 Å². The second-order valence-corrected chi connectivity index (χ2v) is 4.88. The van der Waals surface area contributed by atoms with Crippen LogP contribution < -0.4 is 9.47 Å². The summed E-state index contributed by atoms with van der Waals surface area (Å²) in [5, 5.41) is 9.92. The van der Waals surface area contributed by atoms with E-state index in [0.717, 1.165) is 24.6 Å². The molecule has 1 N–H and O–H groups in total. The molecule has 4 nitrogen and oxygen atoms in total. The highest BCUT2D eigenvalue weighted by Gasteiger charge is 2.15. The summed E-state index contributed by atoms with van der Waals surface area (Å²) in [4.78, 5) is 2.28. The number of hydrogen-bond acceptors (Lipinski definition) is 4. The van der Waals surface area contributed by atoms with Crippen molar-refractivity contribution in [2.24, 2.45) is 0 Å². The van der Waals surface area contributed by atoms with Gasteiger partial charge in [0.25, 0.3) is 0 Å². The molecule has 106 valence electrons. The quantitative estimate of drug-likeness (QED) is 0.818. The minimum atomic E-state index is -0.426. The van der Waals surface area contributed by atoms with Crippen molar-refractivity contribution in [1.82, 2.24) is 4.90 Å². The van der Waals surface area contributed by atoms with Crippen LogP contribution in [0.1, 0.15) is 19.8 Å². The molecule has 0 bridgehead atoms. The molecular weight excluding hydrogens is 242 g/mol. The van der Waals surface area contributed by atoms with Gasteiger partial charge in [-0.15, -0.1) is 0 Å². The molecule has 1 aromatic carbocycles. The second kappa shape index (κ2) is 7.36. The van der Waals surface area contributed by atoms with Crippen LogP contribution in [0.2, 0.25) is 0 Å². The van der Waals surface area contributed by atoms with Gasteiger partial charge in [-0.25, -0.2) is 0 Å². The Morgan fingerprint density at radius 2 is 1.68 bits per heavy atom. The van der Waals surface area contributed by atoms with Gasteiger partial charge in [0.2, 0.25) is 0 Å². The predicted molar refractivity (Wildman–Crippen MR) is 74.8 cm³/mol. The summed E-state index contributed by atoms with van der Waals surface area (Å²) in [6, 6.07) is 7.50. The van der Waals surface area contributed by atoms with Crippen LogP contribution >= 0.6 is 0 Å². The number of likely N-dealkylation sites (tertiary alicyclic amines) is 1. The zero-order chi connectivity index (χ0) is 13.5. The fraction of sp³-hybridized carbons (Fsp3) is 0.600. The van der Waals surface area contributed by atoms with E-state index in [9.17, 15) is 5.11 Å². The van der Waals surface area contributed by atoms with Gasteiger partial charge in [0, 0.05) is 6.54 Å². The van der Waals surface area contributed by atoms with Gasteiger partial charge in [-0.05, 0) is 57.1 Å². The average Bonchev–Trinajstić information content (AvgIpc) is 2.91. The van der Waals surface area contributed by atoms with Crippen LogP contribution in [0, 0.1) is 0 Å². The third kappa shape index (κ3) is 4.73. The molecule has 2 rings (SSSR count). The first kappa shape index (κ1) is 14.2. The summed E-state index contributed by atoms with van der Waals surface area (Å²) in [6.07, 6.45) is 2.06. The molecule has 1 aliphatic heterocycles. The number of hydrogen-bond donors (Lipinski definition) is 1. The molecule has 1 aromatic rings. The van der Waals surface area contributed by atoms with Crippen molar-refractivity contribution >= 4 is 0 Å². The van der Waals surface area contributed by atoms with Crippen LogP contribution in [0.25, 0.3) is 0 Å². The lowest BCUT2D eigenvalue weighted by molar-refractivity contribution is 0.0758. The zero-order valence-corrected chi connectivity index (χ0v) is 11.5. The highest BCUT2D eigenvalue weighted by Crippen LogP contribution is 2.17. The maximum Gasteiger partial charge on any atom is 0.119 e. The van der Waals surface area contributed by atoms with E-state index >= 15 is 0 Å². The summed E-state index contributed by atoms with van der Waals surface area (Å²) in [5.41, 5.74) is 0. The van der Waals surface area contributed by atoms with Crippen molar-refractivity contribution in [2.75, 3.05) is 32.8 Å². The minimum Gasteiger partial charge on any atom is -0.494 e. The normalized spacial score (nSPS) is 17.4. The van der Waals surface area contributed by atoms with Gasteiger partial charge >= 0.3 is 0 Å². The number of benzene rings is 1. The first-order chi connectivity index (χ1) is 9.28. The smallest absolute Gasteiger partial charge is 0.119 e. The monoisotopic (exact) mass is 265 g/mol. The summed E-state index contributed by atoms with van der Waals surface area (Å²) in [6.45, 7) is 5.86. The van der Waals surface area contributed by atoms with Crippen molar-refractivity contribution < 1.29 is 14.6 Å². The van der Waals surface area contributed by atoms with Crippen molar-refractivity contribution in [1.29, 1.82) is 0 Å². The molecule has 0 spiro atoms. The molecule has 0 aliphatic carbocycles. The molecule has 0 radical (unpaired) electrons. The van der Waals surface area contributed by atoms with E-state index in [1.807, 2.05) is 31.2 Å². The Balaban J connectivity index is 1.71. The molecule has 1 atom stereocenters. The van der Waals surface area contributed by atoms with Crippen molar-refractivity contribution in [3.8, 4) is 11.5 Å². The third-order valence-electron chi connectivity index (χ3n) is 3.24. The van der Waals surface area contributed by atoms with E-state index in [-0.39, 0.29) is 0 Å². The van der Waals surface area contributed by atoms with E-state index in [2.05, 4.69) is 4.90 Å². The zero-order valence-electron chi connectivity index (χ0n) is 11.5. The van der Waals surface area contributed by atoms with Gasteiger partial charge in [0.05, 0.1) is 6.61 Å². The predicted octanol–water partition coefficient (Wildman–Crippen LogP) is 1.92. The number of aliphatic hydroxyl groups is 1. The standard InChI is InChI=1S/C15H23NO3/c1-2-18-14-5-7-15(8-6-14)19-12-13(17)11-16-9-3-4-10-16/h5-8,13,17H,2-4,9-12H2,1H3. The second-order valence-electron chi connectivity index (χ2n) is 4.88. The molecule has 1 aliphatic rings. The third-order valence-corrected chi connectivity index (χ3v) is 3.24. The topological polar surface area (TPSA) is 41.9 Å². The van der Waals surface area contributed by atoms with Gasteiger partial charge in [-0.2, -0.15) is 0 Å². The number of rotatable bonds is 7. The maximum absolute atomic E-state index is 9.92. The Bertz CT molecular complexity index is 360. The molecule has 1 fully saturated rings. The maximum atomic E-state index is 9.92. The molecule has 1 heterocycles. The SMILES string of the molecule is CCOc1ccc(OCC(O)CN2CCCC2)cc1. The largest absolute Gasteiger partial charge is 0.494 e. The summed E-state index contributed by atoms with van der Waals surface area (Å²) >= 11 is 0. The van der Waals surface area contributed by atoms with Crippen LogP contribution in [0.15, 0.2) is 24.3 Å². The van der Waals surface area contributed by atoms with E-state index in [0.29, 0.717) is 19.8 Å². The van der Waals surface area contributed by atoms with Gasteiger partial charge in [-0.3, -0.25) is 0 Å². The van der Waals surface area contributed by atoms with Crippen LogP contribution in [-0.4, -0.2) is 49.0 Å². The van der Waals surface area contributed by atoms with Crippen LogP contribution in [-0.2, 0) is 0 Å². The van der Waals surface area contributed by atoms with E-state index in [1.165, 1.54) is 12.8 Å². The van der Waals surface area contributed by atoms with Crippen LogP contribution in [0.5, 0.6) is 11.5 Å². The number of ether oxygens (including phenoxy) is 2. The van der Waals surface area contributed by atoms with E-state index < -0.39 is 6.10 Å².